The van der Waals surface area contributed by atoms with Gasteiger partial charge in [0, 0.05) is 0 Å². The van der Waals surface area contributed by atoms with Gasteiger partial charge in [-0.1, -0.05) is 6.58 Å². The highest BCUT2D eigenvalue weighted by Crippen LogP contribution is 1.93. The van der Waals surface area contributed by atoms with Crippen LogP contribution in [0.4, 0.5) is 0 Å². The Kier molecular flexibility index (Phi) is 5.41. The van der Waals surface area contributed by atoms with E-state index in [0.29, 0.717) is 0 Å². The van der Waals surface area contributed by atoms with E-state index in [-0.39, 0.29) is 6.61 Å². The Morgan fingerprint density at radius 1 is 1.27 bits per heavy atom. The largest absolute Gasteiger partial charge is 0.460 e. The molecule has 0 spiro atoms. The van der Waals surface area contributed by atoms with Gasteiger partial charge in [-0.15, -0.1) is 0 Å². The number of esters is 2. The average Bonchev–Trinajstić information content (AvgIpc) is 2.24. The number of ketones is 1. The maximum absolute atomic E-state index is 10.9. The third-order valence-corrected chi connectivity index (χ3v) is 1.22. The maximum atomic E-state index is 10.9. The molecule has 0 aliphatic heterocycles. The molecule has 0 aliphatic rings. The minimum atomic E-state index is -1.08. The van der Waals surface area contributed by atoms with Crippen LogP contribution in [0.3, 0.4) is 0 Å². The molecular formula is C9H9NO5. The first-order valence-corrected chi connectivity index (χ1v) is 3.99. The van der Waals surface area contributed by atoms with Crippen molar-refractivity contribution in [3.63, 3.8) is 0 Å². The molecule has 0 aromatic rings. The van der Waals surface area contributed by atoms with E-state index in [1.54, 1.807) is 0 Å². The number of Topliss-reactive ketones (excluding diaryl/α,β-unsaturated/α-hetero) is 1. The number of carbonyl (C=O) groups excluding carboxylic acids is 3. The van der Waals surface area contributed by atoms with E-state index in [4.69, 9.17) is 5.26 Å². The van der Waals surface area contributed by atoms with E-state index in [1.807, 2.05) is 0 Å². The van der Waals surface area contributed by atoms with E-state index in [1.165, 1.54) is 13.0 Å². The first-order valence-electron chi connectivity index (χ1n) is 3.99. The molecule has 0 N–H and O–H groups in total. The lowest BCUT2D eigenvalue weighted by Gasteiger charge is -2.01. The van der Waals surface area contributed by atoms with Crippen molar-refractivity contribution in [3.8, 4) is 6.07 Å². The fourth-order valence-electron chi connectivity index (χ4n) is 0.534. The van der Waals surface area contributed by atoms with Crippen molar-refractivity contribution in [1.29, 1.82) is 5.26 Å². The van der Waals surface area contributed by atoms with Gasteiger partial charge >= 0.3 is 11.9 Å². The van der Waals surface area contributed by atoms with Gasteiger partial charge in [0.2, 0.25) is 0 Å². The summed E-state index contributed by atoms with van der Waals surface area (Å²) in [5, 5.41) is 8.24. The molecule has 0 heterocycles. The van der Waals surface area contributed by atoms with Gasteiger partial charge in [0.1, 0.15) is 11.6 Å². The van der Waals surface area contributed by atoms with Crippen LogP contribution in [0.1, 0.15) is 6.92 Å². The molecule has 0 bridgehead atoms. The Labute approximate surface area is 86.1 Å². The monoisotopic (exact) mass is 211 g/mol. The van der Waals surface area contributed by atoms with Gasteiger partial charge in [-0.05, 0) is 6.92 Å². The van der Waals surface area contributed by atoms with E-state index in [0.717, 1.165) is 0 Å². The third-order valence-electron chi connectivity index (χ3n) is 1.22. The third kappa shape index (κ3) is 4.57. The Morgan fingerprint density at radius 3 is 2.33 bits per heavy atom. The predicted octanol–water partition coefficient (Wildman–Crippen LogP) is -0.258. The second-order valence-electron chi connectivity index (χ2n) is 2.31. The number of carbonyl (C=O) groups is 3. The van der Waals surface area contributed by atoms with Crippen LogP contribution in [0, 0.1) is 11.3 Å². The molecule has 80 valence electrons. The molecule has 0 unspecified atom stereocenters. The number of nitrogens with zero attached hydrogens (tertiary/aromatic N) is 1. The van der Waals surface area contributed by atoms with E-state index < -0.39 is 29.9 Å². The summed E-state index contributed by atoms with van der Waals surface area (Å²) in [4.78, 5) is 32.4. The number of rotatable bonds is 5. The summed E-state index contributed by atoms with van der Waals surface area (Å²) in [5.74, 6) is -3.10. The average molecular weight is 211 g/mol. The van der Waals surface area contributed by atoms with Crippen molar-refractivity contribution in [3.05, 3.63) is 12.2 Å². The minimum absolute atomic E-state index is 0.0590. The van der Waals surface area contributed by atoms with Gasteiger partial charge in [0.25, 0.3) is 5.78 Å². The standard InChI is InChI=1S/C9H9NO5/c1-3-14-9(13)7(11)5-15-8(12)6(2)4-10/h2-3,5H2,1H3. The first-order chi connectivity index (χ1) is 7.02. The normalized spacial score (nSPS) is 8.53. The molecule has 6 heteroatoms. The predicted molar refractivity (Wildman–Crippen MR) is 47.4 cm³/mol. The fourth-order valence-corrected chi connectivity index (χ4v) is 0.534. The van der Waals surface area contributed by atoms with Gasteiger partial charge in [-0.25, -0.2) is 9.59 Å². The fraction of sp³-hybridized carbons (Fsp3) is 0.333. The van der Waals surface area contributed by atoms with Gasteiger partial charge in [-0.2, -0.15) is 5.26 Å². The maximum Gasteiger partial charge on any atom is 0.378 e. The lowest BCUT2D eigenvalue weighted by atomic mass is 10.3. The van der Waals surface area contributed by atoms with Crippen LogP contribution in [-0.4, -0.2) is 30.9 Å². The highest BCUT2D eigenvalue weighted by molar-refractivity contribution is 6.34. The summed E-state index contributed by atoms with van der Waals surface area (Å²) in [6.45, 7) is 3.91. The zero-order valence-corrected chi connectivity index (χ0v) is 8.11. The molecule has 0 amide bonds. The molecule has 0 fully saturated rings. The van der Waals surface area contributed by atoms with E-state index in [9.17, 15) is 14.4 Å². The summed E-state index contributed by atoms with van der Waals surface area (Å²) in [5.41, 5.74) is -0.438. The summed E-state index contributed by atoms with van der Waals surface area (Å²) in [6, 6.07) is 1.45. The van der Waals surface area contributed by atoms with Crippen LogP contribution < -0.4 is 0 Å². The van der Waals surface area contributed by atoms with Crippen molar-refractivity contribution >= 4 is 17.7 Å². The second kappa shape index (κ2) is 6.32. The molecule has 0 aromatic heterocycles. The molecule has 15 heavy (non-hydrogen) atoms. The quantitative estimate of drug-likeness (QED) is 0.269. The SMILES string of the molecule is C=C(C#N)C(=O)OCC(=O)C(=O)OCC. The molecule has 0 aliphatic carbocycles. The number of nitriles is 1. The second-order valence-corrected chi connectivity index (χ2v) is 2.31. The number of hydrogen-bond acceptors (Lipinski definition) is 6. The lowest BCUT2D eigenvalue weighted by molar-refractivity contribution is -0.157. The molecule has 0 saturated carbocycles. The zero-order chi connectivity index (χ0) is 11.8. The summed E-state index contributed by atoms with van der Waals surface area (Å²) < 4.78 is 8.67. The molecule has 0 saturated heterocycles. The van der Waals surface area contributed by atoms with Crippen molar-refractivity contribution in [2.24, 2.45) is 0 Å². The number of hydrogen-bond donors (Lipinski definition) is 0. The first kappa shape index (κ1) is 12.8. The topological polar surface area (TPSA) is 93.5 Å². The smallest absolute Gasteiger partial charge is 0.378 e. The van der Waals surface area contributed by atoms with Crippen molar-refractivity contribution in [2.45, 2.75) is 6.92 Å². The van der Waals surface area contributed by atoms with Crippen LogP contribution in [-0.2, 0) is 23.9 Å². The van der Waals surface area contributed by atoms with E-state index in [2.05, 4.69) is 16.1 Å². The molecular weight excluding hydrogens is 202 g/mol. The Bertz CT molecular complexity index is 339. The Balaban J connectivity index is 4.02. The summed E-state index contributed by atoms with van der Waals surface area (Å²) in [7, 11) is 0. The minimum Gasteiger partial charge on any atom is -0.460 e. The van der Waals surface area contributed by atoms with Crippen molar-refractivity contribution in [1.82, 2.24) is 0 Å². The summed E-state index contributed by atoms with van der Waals surface area (Å²) in [6.07, 6.45) is 0. The van der Waals surface area contributed by atoms with Gasteiger partial charge < -0.3 is 9.47 Å². The van der Waals surface area contributed by atoms with Crippen molar-refractivity contribution < 1.29 is 23.9 Å². The Morgan fingerprint density at radius 2 is 1.87 bits per heavy atom. The van der Waals surface area contributed by atoms with Crippen molar-refractivity contribution in [2.75, 3.05) is 13.2 Å². The van der Waals surface area contributed by atoms with E-state index >= 15 is 0 Å². The summed E-state index contributed by atoms with van der Waals surface area (Å²) >= 11 is 0. The van der Waals surface area contributed by atoms with Crippen LogP contribution in [0.2, 0.25) is 0 Å². The molecule has 0 aromatic carbocycles. The van der Waals surface area contributed by atoms with Gasteiger partial charge in [0.05, 0.1) is 6.61 Å². The number of ether oxygens (including phenoxy) is 2. The molecule has 0 rings (SSSR count). The molecule has 0 atom stereocenters. The molecule has 0 radical (unpaired) electrons. The molecule has 6 nitrogen and oxygen atoms in total. The highest BCUT2D eigenvalue weighted by atomic mass is 16.6. The van der Waals surface area contributed by atoms with Crippen LogP contribution in [0.25, 0.3) is 0 Å². The van der Waals surface area contributed by atoms with Crippen LogP contribution in [0.5, 0.6) is 0 Å². The van der Waals surface area contributed by atoms with Crippen LogP contribution in [0.15, 0.2) is 12.2 Å². The Hall–Kier alpha value is -2.16. The van der Waals surface area contributed by atoms with Gasteiger partial charge in [0.15, 0.2) is 6.61 Å². The zero-order valence-electron chi connectivity index (χ0n) is 8.11. The lowest BCUT2D eigenvalue weighted by Crippen LogP contribution is -2.24. The highest BCUT2D eigenvalue weighted by Gasteiger charge is 2.18. The van der Waals surface area contributed by atoms with Gasteiger partial charge in [-0.3, -0.25) is 4.79 Å². The van der Waals surface area contributed by atoms with Crippen LogP contribution >= 0.6 is 0 Å².